The molecule has 1 aliphatic carbocycles. The molecule has 1 fully saturated rings. The highest BCUT2D eigenvalue weighted by Crippen LogP contribution is 2.33. The molecule has 1 aromatic heterocycles. The number of carboxylic acid groups (broad SMARTS) is 1. The third-order valence-electron chi connectivity index (χ3n) is 2.79. The van der Waals surface area contributed by atoms with Gasteiger partial charge in [0.05, 0.1) is 17.4 Å². The molecule has 0 bridgehead atoms. The lowest BCUT2D eigenvalue weighted by Gasteiger charge is -2.25. The number of anilines is 1. The average Bonchev–Trinajstić information content (AvgIpc) is 3.10. The summed E-state index contributed by atoms with van der Waals surface area (Å²) < 4.78 is 0. The van der Waals surface area contributed by atoms with Gasteiger partial charge in [-0.05, 0) is 25.3 Å². The molecule has 1 aromatic rings. The third kappa shape index (κ3) is 2.15. The second kappa shape index (κ2) is 4.51. The van der Waals surface area contributed by atoms with Crippen LogP contribution in [0.5, 0.6) is 0 Å². The number of hydrogen-bond donors (Lipinski definition) is 1. The van der Waals surface area contributed by atoms with E-state index in [2.05, 4.69) is 16.8 Å². The molecule has 1 heterocycles. The Morgan fingerprint density at radius 1 is 1.62 bits per heavy atom. The van der Waals surface area contributed by atoms with Gasteiger partial charge in [0, 0.05) is 18.8 Å². The Balaban J connectivity index is 2.32. The summed E-state index contributed by atoms with van der Waals surface area (Å²) in [5.74, 6) is -0.876. The highest BCUT2D eigenvalue weighted by Gasteiger charge is 2.30. The van der Waals surface area contributed by atoms with Gasteiger partial charge in [0.15, 0.2) is 0 Å². The summed E-state index contributed by atoms with van der Waals surface area (Å²) in [7, 11) is 0. The van der Waals surface area contributed by atoms with Crippen molar-refractivity contribution in [3.63, 3.8) is 0 Å². The molecule has 0 aliphatic heterocycles. The van der Waals surface area contributed by atoms with Crippen LogP contribution in [0.4, 0.5) is 5.69 Å². The standard InChI is InChI=1S/C12H16N2O2/c1-2-7-14(9-3-4-9)11-8-13-6-5-10(11)12(15)16/h5-6,8-9H,2-4,7H2,1H3,(H,15,16). The van der Waals surface area contributed by atoms with Crippen LogP contribution < -0.4 is 4.90 Å². The zero-order valence-corrected chi connectivity index (χ0v) is 9.39. The Labute approximate surface area is 94.9 Å². The van der Waals surface area contributed by atoms with Crippen molar-refractivity contribution in [1.29, 1.82) is 0 Å². The van der Waals surface area contributed by atoms with Crippen LogP contribution in [0.15, 0.2) is 18.5 Å². The van der Waals surface area contributed by atoms with Gasteiger partial charge in [0.2, 0.25) is 0 Å². The van der Waals surface area contributed by atoms with Crippen molar-refractivity contribution in [3.8, 4) is 0 Å². The van der Waals surface area contributed by atoms with Gasteiger partial charge in [-0.25, -0.2) is 4.79 Å². The molecule has 0 radical (unpaired) electrons. The van der Waals surface area contributed by atoms with E-state index in [0.717, 1.165) is 31.5 Å². The Morgan fingerprint density at radius 3 is 2.94 bits per heavy atom. The molecule has 0 atom stereocenters. The maximum absolute atomic E-state index is 11.1. The van der Waals surface area contributed by atoms with Crippen LogP contribution in [0.1, 0.15) is 36.5 Å². The smallest absolute Gasteiger partial charge is 0.337 e. The second-order valence-corrected chi connectivity index (χ2v) is 4.12. The van der Waals surface area contributed by atoms with Crippen LogP contribution in [0.25, 0.3) is 0 Å². The fourth-order valence-corrected chi connectivity index (χ4v) is 1.92. The van der Waals surface area contributed by atoms with Crippen molar-refractivity contribution in [2.45, 2.75) is 32.2 Å². The van der Waals surface area contributed by atoms with Crippen LogP contribution in [-0.2, 0) is 0 Å². The van der Waals surface area contributed by atoms with E-state index in [4.69, 9.17) is 5.11 Å². The van der Waals surface area contributed by atoms with E-state index in [1.54, 1.807) is 12.3 Å². The van der Waals surface area contributed by atoms with Crippen LogP contribution in [0, 0.1) is 0 Å². The molecule has 4 nitrogen and oxygen atoms in total. The van der Waals surface area contributed by atoms with Crippen molar-refractivity contribution in [2.24, 2.45) is 0 Å². The minimum atomic E-state index is -0.876. The van der Waals surface area contributed by atoms with Gasteiger partial charge in [-0.2, -0.15) is 0 Å². The van der Waals surface area contributed by atoms with Crippen molar-refractivity contribution in [2.75, 3.05) is 11.4 Å². The summed E-state index contributed by atoms with van der Waals surface area (Å²) in [6, 6.07) is 2.09. The molecule has 2 rings (SSSR count). The van der Waals surface area contributed by atoms with Gasteiger partial charge in [0.25, 0.3) is 0 Å². The van der Waals surface area contributed by atoms with Gasteiger partial charge in [0.1, 0.15) is 0 Å². The van der Waals surface area contributed by atoms with E-state index in [1.165, 1.54) is 6.20 Å². The molecule has 0 aromatic carbocycles. The molecule has 86 valence electrons. The topological polar surface area (TPSA) is 53.4 Å². The summed E-state index contributed by atoms with van der Waals surface area (Å²) in [6.07, 6.45) is 6.54. The molecule has 0 spiro atoms. The molecular weight excluding hydrogens is 204 g/mol. The number of aromatic nitrogens is 1. The Morgan fingerprint density at radius 2 is 2.38 bits per heavy atom. The Kier molecular flexibility index (Phi) is 3.08. The van der Waals surface area contributed by atoms with E-state index in [-0.39, 0.29) is 0 Å². The normalized spacial score (nSPS) is 14.8. The molecule has 0 amide bonds. The molecule has 1 N–H and O–H groups in total. The fourth-order valence-electron chi connectivity index (χ4n) is 1.92. The molecule has 4 heteroatoms. The fraction of sp³-hybridized carbons (Fsp3) is 0.500. The number of rotatable bonds is 5. The Bertz CT molecular complexity index is 388. The summed E-state index contributed by atoms with van der Waals surface area (Å²) in [6.45, 7) is 3.00. The van der Waals surface area contributed by atoms with Crippen molar-refractivity contribution >= 4 is 11.7 Å². The number of carbonyl (C=O) groups is 1. The molecule has 1 aliphatic rings. The first-order valence-electron chi connectivity index (χ1n) is 5.68. The molecular formula is C12H16N2O2. The summed E-state index contributed by atoms with van der Waals surface area (Å²) in [4.78, 5) is 17.3. The number of hydrogen-bond acceptors (Lipinski definition) is 3. The maximum atomic E-state index is 11.1. The predicted molar refractivity (Wildman–Crippen MR) is 61.9 cm³/mol. The lowest BCUT2D eigenvalue weighted by Crippen LogP contribution is -2.28. The largest absolute Gasteiger partial charge is 0.478 e. The minimum absolute atomic E-state index is 0.357. The van der Waals surface area contributed by atoms with E-state index < -0.39 is 5.97 Å². The van der Waals surface area contributed by atoms with Gasteiger partial charge >= 0.3 is 5.97 Å². The summed E-state index contributed by atoms with van der Waals surface area (Å²) in [5, 5.41) is 9.13. The van der Waals surface area contributed by atoms with E-state index in [1.807, 2.05) is 0 Å². The second-order valence-electron chi connectivity index (χ2n) is 4.12. The third-order valence-corrected chi connectivity index (χ3v) is 2.79. The number of carboxylic acids is 1. The zero-order chi connectivity index (χ0) is 11.5. The molecule has 0 unspecified atom stereocenters. The van der Waals surface area contributed by atoms with Crippen molar-refractivity contribution in [3.05, 3.63) is 24.0 Å². The van der Waals surface area contributed by atoms with Gasteiger partial charge in [-0.1, -0.05) is 6.92 Å². The van der Waals surface area contributed by atoms with Gasteiger partial charge in [-0.15, -0.1) is 0 Å². The predicted octanol–water partition coefficient (Wildman–Crippen LogP) is 2.16. The van der Waals surface area contributed by atoms with Crippen LogP contribution in [0.3, 0.4) is 0 Å². The highest BCUT2D eigenvalue weighted by atomic mass is 16.4. The van der Waals surface area contributed by atoms with Gasteiger partial charge < -0.3 is 10.0 Å². The lowest BCUT2D eigenvalue weighted by atomic mass is 10.2. The van der Waals surface area contributed by atoms with E-state index in [0.29, 0.717) is 11.6 Å². The molecule has 0 saturated heterocycles. The molecule has 16 heavy (non-hydrogen) atoms. The average molecular weight is 220 g/mol. The quantitative estimate of drug-likeness (QED) is 0.826. The molecule has 1 saturated carbocycles. The monoisotopic (exact) mass is 220 g/mol. The first-order valence-corrected chi connectivity index (χ1v) is 5.68. The van der Waals surface area contributed by atoms with Crippen LogP contribution in [0.2, 0.25) is 0 Å². The number of pyridine rings is 1. The number of aromatic carboxylic acids is 1. The van der Waals surface area contributed by atoms with Crippen LogP contribution in [-0.4, -0.2) is 28.6 Å². The van der Waals surface area contributed by atoms with Crippen LogP contribution >= 0.6 is 0 Å². The summed E-state index contributed by atoms with van der Waals surface area (Å²) >= 11 is 0. The number of nitrogens with zero attached hydrogens (tertiary/aromatic N) is 2. The first-order chi connectivity index (χ1) is 7.74. The summed E-state index contributed by atoms with van der Waals surface area (Å²) in [5.41, 5.74) is 1.12. The van der Waals surface area contributed by atoms with E-state index in [9.17, 15) is 4.79 Å². The Hall–Kier alpha value is -1.58. The van der Waals surface area contributed by atoms with E-state index >= 15 is 0 Å². The first kappa shape index (κ1) is 10.9. The zero-order valence-electron chi connectivity index (χ0n) is 9.39. The maximum Gasteiger partial charge on any atom is 0.337 e. The highest BCUT2D eigenvalue weighted by molar-refractivity contribution is 5.94. The van der Waals surface area contributed by atoms with Gasteiger partial charge in [-0.3, -0.25) is 4.98 Å². The SMILES string of the molecule is CCCN(c1cnccc1C(=O)O)C1CC1. The lowest BCUT2D eigenvalue weighted by molar-refractivity contribution is 0.0697. The van der Waals surface area contributed by atoms with Crippen molar-refractivity contribution < 1.29 is 9.90 Å². The van der Waals surface area contributed by atoms with Crippen molar-refractivity contribution in [1.82, 2.24) is 4.98 Å². The minimum Gasteiger partial charge on any atom is -0.478 e.